The molecule has 0 saturated carbocycles. The molecule has 1 saturated heterocycles. The number of rotatable bonds is 4. The number of aliphatic hydroxyl groups is 1. The summed E-state index contributed by atoms with van der Waals surface area (Å²) in [6.07, 6.45) is -0.188. The number of hydrogen-bond donors (Lipinski definition) is 2. The Balaban J connectivity index is 2.23. The number of amides is 1. The number of likely N-dealkylation sites (tertiary alicyclic amines) is 1. The smallest absolute Gasteiger partial charge is 0.349 e. The van der Waals surface area contributed by atoms with Crippen LogP contribution in [0.1, 0.15) is 39.9 Å². The van der Waals surface area contributed by atoms with E-state index >= 15 is 0 Å². The number of benzene rings is 1. The zero-order chi connectivity index (χ0) is 18.1. The van der Waals surface area contributed by atoms with Crippen LogP contribution in [0.25, 0.3) is 0 Å². The largest absolute Gasteiger partial charge is 0.393 e. The Kier molecular flexibility index (Phi) is 5.72. The van der Waals surface area contributed by atoms with Crippen molar-refractivity contribution in [3.8, 4) is 0 Å². The van der Waals surface area contributed by atoms with Gasteiger partial charge < -0.3 is 14.6 Å². The van der Waals surface area contributed by atoms with E-state index in [1.165, 1.54) is 12.1 Å². The number of alkyl halides is 2. The van der Waals surface area contributed by atoms with Crippen molar-refractivity contribution in [2.24, 2.45) is 0 Å². The highest BCUT2D eigenvalue weighted by atomic mass is 32.2. The predicted molar refractivity (Wildman–Crippen MR) is 86.5 cm³/mol. The van der Waals surface area contributed by atoms with Gasteiger partial charge in [-0.25, -0.2) is 4.21 Å². The highest BCUT2D eigenvalue weighted by Gasteiger charge is 2.37. The first-order valence-electron chi connectivity index (χ1n) is 7.68. The molecule has 8 heteroatoms. The molecule has 5 nitrogen and oxygen atoms in total. The summed E-state index contributed by atoms with van der Waals surface area (Å²) in [5.41, 5.74) is 1.65. The van der Waals surface area contributed by atoms with Crippen LogP contribution in [0.5, 0.6) is 0 Å². The topological polar surface area (TPSA) is 77.8 Å². The molecular formula is C16H21F2NO4S. The maximum Gasteiger partial charge on any atom is 0.349 e. The maximum atomic E-state index is 13.5. The van der Waals surface area contributed by atoms with Gasteiger partial charge in [0.1, 0.15) is 0 Å². The SMILES string of the molecule is Cc1cc(C(=O)N2CCC(O)CC2)cc(C)c1CC(F)(F)S(=O)O. The summed E-state index contributed by atoms with van der Waals surface area (Å²) in [6.45, 7) is 4.13. The minimum absolute atomic E-state index is 0.197. The number of aryl methyl sites for hydroxylation is 2. The minimum Gasteiger partial charge on any atom is -0.393 e. The zero-order valence-corrected chi connectivity index (χ0v) is 14.4. The fraction of sp³-hybridized carbons (Fsp3) is 0.562. The predicted octanol–water partition coefficient (Wildman–Crippen LogP) is 2.26. The summed E-state index contributed by atoms with van der Waals surface area (Å²) in [7, 11) is 0. The molecule has 1 unspecified atom stereocenters. The molecule has 2 rings (SSSR count). The first-order valence-corrected chi connectivity index (χ1v) is 8.78. The van der Waals surface area contributed by atoms with Gasteiger partial charge in [-0.1, -0.05) is 0 Å². The molecule has 1 aromatic rings. The van der Waals surface area contributed by atoms with Gasteiger partial charge in [0, 0.05) is 18.7 Å². The average molecular weight is 361 g/mol. The van der Waals surface area contributed by atoms with Crippen molar-refractivity contribution in [2.45, 2.75) is 44.5 Å². The lowest BCUT2D eigenvalue weighted by Crippen LogP contribution is -2.40. The number of halogens is 2. The Morgan fingerprint density at radius 3 is 2.25 bits per heavy atom. The Morgan fingerprint density at radius 1 is 1.29 bits per heavy atom. The van der Waals surface area contributed by atoms with E-state index in [1.54, 1.807) is 18.7 Å². The Labute approximate surface area is 141 Å². The Morgan fingerprint density at radius 2 is 1.79 bits per heavy atom. The summed E-state index contributed by atoms with van der Waals surface area (Å²) in [5.74, 6) is -0.197. The molecule has 0 bridgehead atoms. The van der Waals surface area contributed by atoms with E-state index in [2.05, 4.69) is 0 Å². The second-order valence-electron chi connectivity index (χ2n) is 6.18. The number of hydrogen-bond acceptors (Lipinski definition) is 3. The minimum atomic E-state index is -3.73. The van der Waals surface area contributed by atoms with Crippen LogP contribution in [0.3, 0.4) is 0 Å². The molecule has 1 heterocycles. The molecule has 1 amide bonds. The summed E-state index contributed by atoms with van der Waals surface area (Å²) in [4.78, 5) is 14.2. The van der Waals surface area contributed by atoms with Gasteiger partial charge in [0.25, 0.3) is 5.91 Å². The van der Waals surface area contributed by atoms with Gasteiger partial charge >= 0.3 is 5.25 Å². The van der Waals surface area contributed by atoms with Crippen LogP contribution in [0, 0.1) is 13.8 Å². The molecule has 0 radical (unpaired) electrons. The van der Waals surface area contributed by atoms with Crippen LogP contribution in [0.2, 0.25) is 0 Å². The molecule has 0 aromatic heterocycles. The Bertz CT molecular complexity index is 634. The molecule has 1 aliphatic heterocycles. The molecule has 24 heavy (non-hydrogen) atoms. The van der Waals surface area contributed by atoms with Crippen LogP contribution < -0.4 is 0 Å². The van der Waals surface area contributed by atoms with E-state index in [0.29, 0.717) is 42.6 Å². The van der Waals surface area contributed by atoms with Crippen molar-refractivity contribution >= 4 is 17.0 Å². The van der Waals surface area contributed by atoms with E-state index in [4.69, 9.17) is 4.55 Å². The third-order valence-corrected chi connectivity index (χ3v) is 4.99. The number of aliphatic hydroxyl groups excluding tert-OH is 1. The summed E-state index contributed by atoms with van der Waals surface area (Å²) in [5, 5.41) is 5.77. The third-order valence-electron chi connectivity index (χ3n) is 4.33. The van der Waals surface area contributed by atoms with Crippen LogP contribution in [0.4, 0.5) is 8.78 Å². The first-order chi connectivity index (χ1) is 11.1. The normalized spacial score (nSPS) is 17.8. The second kappa shape index (κ2) is 7.25. The quantitative estimate of drug-likeness (QED) is 0.807. The van der Waals surface area contributed by atoms with Gasteiger partial charge in [-0.2, -0.15) is 8.78 Å². The van der Waals surface area contributed by atoms with Gasteiger partial charge in [0.15, 0.2) is 0 Å². The molecule has 1 aliphatic rings. The molecule has 0 spiro atoms. The average Bonchev–Trinajstić information content (AvgIpc) is 2.50. The van der Waals surface area contributed by atoms with Gasteiger partial charge in [-0.05, 0) is 55.5 Å². The van der Waals surface area contributed by atoms with Crippen LogP contribution >= 0.6 is 0 Å². The highest BCUT2D eigenvalue weighted by Crippen LogP contribution is 2.28. The van der Waals surface area contributed by atoms with E-state index in [-0.39, 0.29) is 17.6 Å². The van der Waals surface area contributed by atoms with E-state index in [0.717, 1.165) is 0 Å². The van der Waals surface area contributed by atoms with Crippen molar-refractivity contribution < 1.29 is 27.4 Å². The van der Waals surface area contributed by atoms with Crippen molar-refractivity contribution in [1.82, 2.24) is 4.90 Å². The van der Waals surface area contributed by atoms with E-state index in [9.17, 15) is 22.9 Å². The van der Waals surface area contributed by atoms with E-state index in [1.807, 2.05) is 0 Å². The Hall–Kier alpha value is -1.38. The highest BCUT2D eigenvalue weighted by molar-refractivity contribution is 7.80. The molecule has 2 N–H and O–H groups in total. The van der Waals surface area contributed by atoms with Gasteiger partial charge in [-0.3, -0.25) is 4.79 Å². The van der Waals surface area contributed by atoms with Crippen molar-refractivity contribution in [2.75, 3.05) is 13.1 Å². The fourth-order valence-electron chi connectivity index (χ4n) is 2.91. The van der Waals surface area contributed by atoms with Crippen molar-refractivity contribution in [3.05, 3.63) is 34.4 Å². The molecule has 1 fully saturated rings. The molecule has 1 atom stereocenters. The van der Waals surface area contributed by atoms with Gasteiger partial charge in [-0.15, -0.1) is 0 Å². The first kappa shape index (κ1) is 19.0. The third kappa shape index (κ3) is 4.17. The second-order valence-corrected chi connectivity index (χ2v) is 7.27. The number of nitrogens with zero attached hydrogens (tertiary/aromatic N) is 1. The van der Waals surface area contributed by atoms with Crippen LogP contribution in [-0.4, -0.2) is 49.1 Å². The standard InChI is InChI=1S/C16H21F2NO4S/c1-10-7-12(15(21)19-5-3-13(20)4-6-19)8-11(2)14(10)9-16(17,18)24(22)23/h7-8,13,20H,3-6,9H2,1-2H3,(H,22,23). The number of piperidine rings is 1. The number of carbonyl (C=O) groups is 1. The summed E-state index contributed by atoms with van der Waals surface area (Å²) in [6, 6.07) is 3.07. The van der Waals surface area contributed by atoms with Crippen molar-refractivity contribution in [3.63, 3.8) is 0 Å². The number of carbonyl (C=O) groups excluding carboxylic acids is 1. The monoisotopic (exact) mass is 361 g/mol. The molecule has 134 valence electrons. The maximum absolute atomic E-state index is 13.5. The lowest BCUT2D eigenvalue weighted by Gasteiger charge is -2.30. The van der Waals surface area contributed by atoms with Gasteiger partial charge in [0.05, 0.1) is 12.5 Å². The van der Waals surface area contributed by atoms with E-state index < -0.39 is 22.8 Å². The van der Waals surface area contributed by atoms with Crippen LogP contribution in [-0.2, 0) is 17.5 Å². The molecule has 0 aliphatic carbocycles. The fourth-order valence-corrected chi connectivity index (χ4v) is 3.18. The lowest BCUT2D eigenvalue weighted by molar-refractivity contribution is 0.0546. The summed E-state index contributed by atoms with van der Waals surface area (Å²) >= 11 is -3.25. The molecular weight excluding hydrogens is 340 g/mol. The lowest BCUT2D eigenvalue weighted by atomic mass is 9.96. The van der Waals surface area contributed by atoms with Gasteiger partial charge in [0.2, 0.25) is 11.1 Å². The molecule has 1 aromatic carbocycles. The summed E-state index contributed by atoms with van der Waals surface area (Å²) < 4.78 is 46.5. The van der Waals surface area contributed by atoms with Crippen molar-refractivity contribution in [1.29, 1.82) is 0 Å². The van der Waals surface area contributed by atoms with Crippen LogP contribution in [0.15, 0.2) is 12.1 Å². The zero-order valence-electron chi connectivity index (χ0n) is 13.6.